The van der Waals surface area contributed by atoms with Crippen LogP contribution in [-0.4, -0.2) is 24.9 Å². The molecule has 5 nitrogen and oxygen atoms in total. The van der Waals surface area contributed by atoms with Crippen LogP contribution in [-0.2, 0) is 0 Å². The third-order valence-electron chi connectivity index (χ3n) is 10.9. The highest BCUT2D eigenvalue weighted by Gasteiger charge is 2.17. The second kappa shape index (κ2) is 15.4. The van der Waals surface area contributed by atoms with Crippen LogP contribution in [0.25, 0.3) is 101 Å². The average Bonchev–Trinajstić information content (AvgIpc) is 3.31. The van der Waals surface area contributed by atoms with Crippen molar-refractivity contribution in [3.8, 4) is 78.9 Å². The zero-order valence-corrected chi connectivity index (χ0v) is 32.8. The van der Waals surface area contributed by atoms with Crippen LogP contribution in [0.15, 0.2) is 194 Å². The van der Waals surface area contributed by atoms with E-state index in [0.717, 1.165) is 77.7 Å². The van der Waals surface area contributed by atoms with E-state index in [0.29, 0.717) is 23.4 Å². The van der Waals surface area contributed by atoms with Crippen molar-refractivity contribution >= 4 is 21.8 Å². The molecule has 0 fully saturated rings. The quantitative estimate of drug-likeness (QED) is 0.144. The summed E-state index contributed by atoms with van der Waals surface area (Å²) in [4.78, 5) is 25.6. The molecule has 280 valence electrons. The summed E-state index contributed by atoms with van der Waals surface area (Å²) in [5, 5.41) is 2.21. The molecular formula is C54H39N5. The molecule has 0 saturated carbocycles. The number of pyridine rings is 2. The minimum absolute atomic E-state index is 0.293. The van der Waals surface area contributed by atoms with Gasteiger partial charge >= 0.3 is 0 Å². The summed E-state index contributed by atoms with van der Waals surface area (Å²) in [6.07, 6.45) is 0. The highest BCUT2D eigenvalue weighted by Crippen LogP contribution is 2.36. The van der Waals surface area contributed by atoms with E-state index in [1.807, 2.05) is 42.5 Å². The van der Waals surface area contributed by atoms with Crippen LogP contribution in [0.4, 0.5) is 0 Å². The standard InChI is InChI=1S/C54H39N5/c1-35(2)47-34-49(56-51-46(47)30-28-39-29-31-48(55-50(39)51)38-16-8-4-9-17-38)44-22-12-20-42(32-44)43-21-13-23-45(33-43)54-58-52(40-18-10-5-11-19-40)57-53(59-54)41-26-24-37(25-27-41)36-14-6-3-7-15-36/h3-35H,1-2H3. The molecule has 0 unspecified atom stereocenters. The molecule has 0 aliphatic heterocycles. The average molecular weight is 758 g/mol. The molecule has 10 aromatic rings. The predicted octanol–water partition coefficient (Wildman–Crippen LogP) is 13.8. The number of nitrogens with zero attached hydrogens (tertiary/aromatic N) is 5. The molecule has 0 aliphatic carbocycles. The first-order valence-electron chi connectivity index (χ1n) is 20.0. The Kier molecular flexibility index (Phi) is 9.32. The van der Waals surface area contributed by atoms with Gasteiger partial charge in [0.05, 0.1) is 22.4 Å². The first-order valence-corrected chi connectivity index (χ1v) is 20.0. The van der Waals surface area contributed by atoms with E-state index in [1.54, 1.807) is 0 Å². The fourth-order valence-electron chi connectivity index (χ4n) is 7.78. The summed E-state index contributed by atoms with van der Waals surface area (Å²) in [6, 6.07) is 67.2. The normalized spacial score (nSPS) is 11.4. The van der Waals surface area contributed by atoms with Crippen LogP contribution in [0.5, 0.6) is 0 Å². The maximum absolute atomic E-state index is 5.36. The van der Waals surface area contributed by atoms with Gasteiger partial charge in [-0.1, -0.05) is 184 Å². The van der Waals surface area contributed by atoms with E-state index in [2.05, 4.69) is 166 Å². The monoisotopic (exact) mass is 757 g/mol. The van der Waals surface area contributed by atoms with Gasteiger partial charge in [-0.3, -0.25) is 0 Å². The van der Waals surface area contributed by atoms with E-state index in [1.165, 1.54) is 11.1 Å². The maximum atomic E-state index is 5.36. The smallest absolute Gasteiger partial charge is 0.164 e. The van der Waals surface area contributed by atoms with E-state index in [9.17, 15) is 0 Å². The first-order chi connectivity index (χ1) is 29.0. The third kappa shape index (κ3) is 7.15. The molecule has 10 rings (SSSR count). The van der Waals surface area contributed by atoms with Crippen molar-refractivity contribution in [3.05, 3.63) is 200 Å². The van der Waals surface area contributed by atoms with Crippen molar-refractivity contribution in [2.75, 3.05) is 0 Å². The Morgan fingerprint density at radius 1 is 0.305 bits per heavy atom. The van der Waals surface area contributed by atoms with Crippen LogP contribution in [0.3, 0.4) is 0 Å². The fourth-order valence-corrected chi connectivity index (χ4v) is 7.78. The molecule has 59 heavy (non-hydrogen) atoms. The lowest BCUT2D eigenvalue weighted by atomic mass is 9.94. The van der Waals surface area contributed by atoms with Crippen LogP contribution in [0.2, 0.25) is 0 Å². The predicted molar refractivity (Wildman–Crippen MR) is 243 cm³/mol. The Morgan fingerprint density at radius 2 is 0.763 bits per heavy atom. The van der Waals surface area contributed by atoms with Crippen LogP contribution < -0.4 is 0 Å². The van der Waals surface area contributed by atoms with Crippen molar-refractivity contribution in [2.45, 2.75) is 19.8 Å². The Balaban J connectivity index is 1.05. The second-order valence-corrected chi connectivity index (χ2v) is 15.1. The van der Waals surface area contributed by atoms with Gasteiger partial charge in [0.15, 0.2) is 17.5 Å². The summed E-state index contributed by atoms with van der Waals surface area (Å²) >= 11 is 0. The van der Waals surface area contributed by atoms with E-state index in [4.69, 9.17) is 24.9 Å². The third-order valence-corrected chi connectivity index (χ3v) is 10.9. The molecule has 0 saturated heterocycles. The van der Waals surface area contributed by atoms with E-state index in [-0.39, 0.29) is 0 Å². The Bertz CT molecular complexity index is 3110. The zero-order chi connectivity index (χ0) is 39.7. The van der Waals surface area contributed by atoms with E-state index < -0.39 is 0 Å². The minimum Gasteiger partial charge on any atom is -0.245 e. The molecule has 0 amide bonds. The molecule has 0 spiro atoms. The Labute approximate surface area is 343 Å². The lowest BCUT2D eigenvalue weighted by Gasteiger charge is -2.15. The van der Waals surface area contributed by atoms with E-state index >= 15 is 0 Å². The van der Waals surface area contributed by atoms with Crippen LogP contribution >= 0.6 is 0 Å². The SMILES string of the molecule is CC(C)c1cc(-c2cccc(-c3cccc(-c4nc(-c5ccccc5)nc(-c5ccc(-c6ccccc6)cc5)n4)c3)c2)nc2c1ccc1ccc(-c3ccccc3)nc12. The lowest BCUT2D eigenvalue weighted by Crippen LogP contribution is -2.00. The number of fused-ring (bicyclic) bond motifs is 3. The number of hydrogen-bond donors (Lipinski definition) is 0. The van der Waals surface area contributed by atoms with Gasteiger partial charge in [-0.25, -0.2) is 24.9 Å². The molecule has 0 aliphatic rings. The molecule has 0 radical (unpaired) electrons. The van der Waals surface area contributed by atoms with Gasteiger partial charge in [0.2, 0.25) is 0 Å². The van der Waals surface area contributed by atoms with Gasteiger partial charge in [-0.05, 0) is 58.0 Å². The second-order valence-electron chi connectivity index (χ2n) is 15.1. The molecule has 0 bridgehead atoms. The maximum Gasteiger partial charge on any atom is 0.164 e. The first kappa shape index (κ1) is 35.8. The fraction of sp³-hybridized carbons (Fsp3) is 0.0556. The van der Waals surface area contributed by atoms with Gasteiger partial charge in [0.25, 0.3) is 0 Å². The summed E-state index contributed by atoms with van der Waals surface area (Å²) in [7, 11) is 0. The Hall–Kier alpha value is -7.63. The summed E-state index contributed by atoms with van der Waals surface area (Å²) < 4.78 is 0. The van der Waals surface area contributed by atoms with Gasteiger partial charge in [0.1, 0.15) is 0 Å². The minimum atomic E-state index is 0.293. The van der Waals surface area contributed by atoms with Gasteiger partial charge in [0, 0.05) is 38.6 Å². The van der Waals surface area contributed by atoms with Crippen molar-refractivity contribution in [3.63, 3.8) is 0 Å². The van der Waals surface area contributed by atoms with Crippen molar-refractivity contribution in [1.82, 2.24) is 24.9 Å². The molecule has 3 aromatic heterocycles. The van der Waals surface area contributed by atoms with Crippen LogP contribution in [0.1, 0.15) is 25.3 Å². The number of aromatic nitrogens is 5. The summed E-state index contributed by atoms with van der Waals surface area (Å²) in [5.41, 5.74) is 14.3. The van der Waals surface area contributed by atoms with Crippen molar-refractivity contribution < 1.29 is 0 Å². The number of hydrogen-bond acceptors (Lipinski definition) is 5. The molecule has 7 aromatic carbocycles. The highest BCUT2D eigenvalue weighted by molar-refractivity contribution is 6.05. The summed E-state index contributed by atoms with van der Waals surface area (Å²) in [6.45, 7) is 4.49. The Morgan fingerprint density at radius 3 is 1.41 bits per heavy atom. The molecular weight excluding hydrogens is 719 g/mol. The largest absolute Gasteiger partial charge is 0.245 e. The highest BCUT2D eigenvalue weighted by atomic mass is 15.0. The van der Waals surface area contributed by atoms with Gasteiger partial charge < -0.3 is 0 Å². The zero-order valence-electron chi connectivity index (χ0n) is 32.8. The van der Waals surface area contributed by atoms with Crippen molar-refractivity contribution in [2.24, 2.45) is 0 Å². The van der Waals surface area contributed by atoms with Gasteiger partial charge in [-0.15, -0.1) is 0 Å². The topological polar surface area (TPSA) is 64.5 Å². The molecule has 0 atom stereocenters. The summed E-state index contributed by atoms with van der Waals surface area (Å²) in [5.74, 6) is 2.17. The molecule has 5 heteroatoms. The number of benzene rings is 7. The lowest BCUT2D eigenvalue weighted by molar-refractivity contribution is 0.875. The molecule has 3 heterocycles. The number of rotatable bonds is 8. The van der Waals surface area contributed by atoms with Crippen LogP contribution in [0, 0.1) is 0 Å². The molecule has 0 N–H and O–H groups in total. The van der Waals surface area contributed by atoms with Gasteiger partial charge in [-0.2, -0.15) is 0 Å². The van der Waals surface area contributed by atoms with Crippen molar-refractivity contribution in [1.29, 1.82) is 0 Å².